The van der Waals surface area contributed by atoms with Crippen LogP contribution in [0.5, 0.6) is 5.75 Å². The Kier molecular flexibility index (Phi) is 4.98. The van der Waals surface area contributed by atoms with Crippen molar-refractivity contribution in [1.29, 1.82) is 0 Å². The summed E-state index contributed by atoms with van der Waals surface area (Å²) in [5, 5.41) is 0. The molecule has 120 valence electrons. The van der Waals surface area contributed by atoms with Gasteiger partial charge in [-0.1, -0.05) is 18.2 Å². The van der Waals surface area contributed by atoms with Gasteiger partial charge in [-0.15, -0.1) is 0 Å². The second-order valence-corrected chi connectivity index (χ2v) is 6.57. The average molecular weight is 302 g/mol. The molecule has 4 nitrogen and oxygen atoms in total. The van der Waals surface area contributed by atoms with Crippen molar-refractivity contribution in [2.24, 2.45) is 11.7 Å². The van der Waals surface area contributed by atoms with Crippen molar-refractivity contribution in [1.82, 2.24) is 4.90 Å². The van der Waals surface area contributed by atoms with Gasteiger partial charge in [0, 0.05) is 37.9 Å². The first-order valence-corrected chi connectivity index (χ1v) is 8.48. The molecule has 2 aliphatic rings. The Morgan fingerprint density at radius 3 is 2.27 bits per heavy atom. The fraction of sp³-hybridized carbons (Fsp3) is 0.611. The zero-order valence-corrected chi connectivity index (χ0v) is 13.1. The largest absolute Gasteiger partial charge is 0.490 e. The first kappa shape index (κ1) is 15.3. The lowest BCUT2D eigenvalue weighted by atomic mass is 9.85. The second-order valence-electron chi connectivity index (χ2n) is 6.57. The summed E-state index contributed by atoms with van der Waals surface area (Å²) in [7, 11) is 0. The van der Waals surface area contributed by atoms with Crippen LogP contribution >= 0.6 is 0 Å². The van der Waals surface area contributed by atoms with Crippen LogP contribution in [0.15, 0.2) is 30.3 Å². The molecule has 0 unspecified atom stereocenters. The first-order chi connectivity index (χ1) is 10.7. The van der Waals surface area contributed by atoms with Crippen molar-refractivity contribution in [3.63, 3.8) is 0 Å². The third-order valence-electron chi connectivity index (χ3n) is 4.92. The molecular weight excluding hydrogens is 276 g/mol. The molecular formula is C18H26N2O2. The summed E-state index contributed by atoms with van der Waals surface area (Å²) < 4.78 is 5.99. The molecule has 1 aromatic carbocycles. The first-order valence-electron chi connectivity index (χ1n) is 8.48. The molecule has 1 aliphatic heterocycles. The molecule has 0 spiro atoms. The van der Waals surface area contributed by atoms with Gasteiger partial charge >= 0.3 is 0 Å². The maximum absolute atomic E-state index is 12.6. The minimum atomic E-state index is 0.200. The molecule has 2 N–H and O–H groups in total. The molecule has 1 heterocycles. The normalized spacial score (nSPS) is 26.7. The Morgan fingerprint density at radius 2 is 1.64 bits per heavy atom. The number of nitrogens with zero attached hydrogens (tertiary/aromatic N) is 1. The van der Waals surface area contributed by atoms with Gasteiger partial charge in [0.25, 0.3) is 0 Å². The van der Waals surface area contributed by atoms with Crippen LogP contribution in [0.4, 0.5) is 0 Å². The maximum atomic E-state index is 12.6. The van der Waals surface area contributed by atoms with E-state index in [1.54, 1.807) is 0 Å². The molecule has 1 aromatic rings. The lowest BCUT2D eigenvalue weighted by Crippen LogP contribution is -2.45. The van der Waals surface area contributed by atoms with Gasteiger partial charge in [-0.05, 0) is 37.8 Å². The summed E-state index contributed by atoms with van der Waals surface area (Å²) in [5.41, 5.74) is 5.93. The molecule has 0 aromatic heterocycles. The van der Waals surface area contributed by atoms with Gasteiger partial charge in [0.2, 0.25) is 5.91 Å². The van der Waals surface area contributed by atoms with Crippen LogP contribution in [0.1, 0.15) is 38.5 Å². The van der Waals surface area contributed by atoms with Crippen LogP contribution in [0, 0.1) is 5.92 Å². The Morgan fingerprint density at radius 1 is 1.00 bits per heavy atom. The maximum Gasteiger partial charge on any atom is 0.225 e. The summed E-state index contributed by atoms with van der Waals surface area (Å²) in [4.78, 5) is 14.6. The van der Waals surface area contributed by atoms with Crippen molar-refractivity contribution >= 4 is 5.91 Å². The van der Waals surface area contributed by atoms with Gasteiger partial charge in [-0.2, -0.15) is 0 Å². The highest BCUT2D eigenvalue weighted by molar-refractivity contribution is 5.79. The molecule has 22 heavy (non-hydrogen) atoms. The van der Waals surface area contributed by atoms with E-state index in [1.807, 2.05) is 35.2 Å². The summed E-state index contributed by atoms with van der Waals surface area (Å²) in [5.74, 6) is 1.46. The van der Waals surface area contributed by atoms with Crippen LogP contribution in [0.2, 0.25) is 0 Å². The van der Waals surface area contributed by atoms with E-state index in [0.29, 0.717) is 11.9 Å². The number of hydrogen-bond acceptors (Lipinski definition) is 3. The summed E-state index contributed by atoms with van der Waals surface area (Å²) >= 11 is 0. The van der Waals surface area contributed by atoms with E-state index in [9.17, 15) is 4.79 Å². The fourth-order valence-corrected chi connectivity index (χ4v) is 3.51. The van der Waals surface area contributed by atoms with Crippen LogP contribution in [0.25, 0.3) is 0 Å². The van der Waals surface area contributed by atoms with E-state index in [2.05, 4.69) is 0 Å². The SMILES string of the molecule is NC1CCC(C(=O)N2CCC(Oc3ccccc3)CC2)CC1. The van der Waals surface area contributed by atoms with Crippen molar-refractivity contribution in [2.75, 3.05) is 13.1 Å². The van der Waals surface area contributed by atoms with Crippen LogP contribution in [-0.4, -0.2) is 36.0 Å². The molecule has 1 saturated carbocycles. The van der Waals surface area contributed by atoms with Gasteiger partial charge in [0.1, 0.15) is 11.9 Å². The van der Waals surface area contributed by atoms with Gasteiger partial charge in [0.05, 0.1) is 0 Å². The number of amides is 1. The number of piperidine rings is 1. The number of likely N-dealkylation sites (tertiary alicyclic amines) is 1. The quantitative estimate of drug-likeness (QED) is 0.933. The minimum absolute atomic E-state index is 0.200. The highest BCUT2D eigenvalue weighted by atomic mass is 16.5. The lowest BCUT2D eigenvalue weighted by molar-refractivity contribution is -0.138. The van der Waals surface area contributed by atoms with Gasteiger partial charge in [-0.25, -0.2) is 0 Å². The molecule has 0 bridgehead atoms. The minimum Gasteiger partial charge on any atom is -0.490 e. The highest BCUT2D eigenvalue weighted by Gasteiger charge is 2.31. The van der Waals surface area contributed by atoms with E-state index in [4.69, 9.17) is 10.5 Å². The Bertz CT molecular complexity index is 475. The summed E-state index contributed by atoms with van der Waals surface area (Å²) in [6.45, 7) is 1.64. The predicted molar refractivity (Wildman–Crippen MR) is 86.6 cm³/mol. The Labute approximate surface area is 132 Å². The number of benzene rings is 1. The molecule has 1 amide bonds. The predicted octanol–water partition coefficient (Wildman–Crippen LogP) is 2.57. The van der Waals surface area contributed by atoms with Gasteiger partial charge in [0.15, 0.2) is 0 Å². The van der Waals surface area contributed by atoms with Crippen molar-refractivity contribution in [3.05, 3.63) is 30.3 Å². The number of para-hydroxylation sites is 1. The van der Waals surface area contributed by atoms with E-state index >= 15 is 0 Å². The van der Waals surface area contributed by atoms with Gasteiger partial charge in [-0.3, -0.25) is 4.79 Å². The third-order valence-corrected chi connectivity index (χ3v) is 4.92. The number of carbonyl (C=O) groups excluding carboxylic acids is 1. The number of hydrogen-bond donors (Lipinski definition) is 1. The van der Waals surface area contributed by atoms with Crippen LogP contribution in [0.3, 0.4) is 0 Å². The van der Waals surface area contributed by atoms with Crippen molar-refractivity contribution < 1.29 is 9.53 Å². The van der Waals surface area contributed by atoms with Crippen LogP contribution in [-0.2, 0) is 4.79 Å². The summed E-state index contributed by atoms with van der Waals surface area (Å²) in [6, 6.07) is 10.2. The number of carbonyl (C=O) groups is 1. The molecule has 2 fully saturated rings. The number of nitrogens with two attached hydrogens (primary N) is 1. The summed E-state index contributed by atoms with van der Waals surface area (Å²) in [6.07, 6.45) is 5.97. The standard InChI is InChI=1S/C18H26N2O2/c19-15-8-6-14(7-9-15)18(21)20-12-10-17(11-13-20)22-16-4-2-1-3-5-16/h1-5,14-15,17H,6-13,19H2. The fourth-order valence-electron chi connectivity index (χ4n) is 3.51. The van der Waals surface area contributed by atoms with E-state index in [1.165, 1.54) is 0 Å². The van der Waals surface area contributed by atoms with E-state index in [-0.39, 0.29) is 12.0 Å². The van der Waals surface area contributed by atoms with Gasteiger partial charge < -0.3 is 15.4 Å². The molecule has 1 saturated heterocycles. The monoisotopic (exact) mass is 302 g/mol. The molecule has 1 aliphatic carbocycles. The average Bonchev–Trinajstić information content (AvgIpc) is 2.57. The van der Waals surface area contributed by atoms with Crippen molar-refractivity contribution in [2.45, 2.75) is 50.7 Å². The zero-order valence-electron chi connectivity index (χ0n) is 13.1. The zero-order chi connectivity index (χ0) is 15.4. The Balaban J connectivity index is 1.46. The lowest BCUT2D eigenvalue weighted by Gasteiger charge is -2.36. The molecule has 0 atom stereocenters. The Hall–Kier alpha value is -1.55. The molecule has 4 heteroatoms. The number of ether oxygens (including phenoxy) is 1. The molecule has 0 radical (unpaired) electrons. The van der Waals surface area contributed by atoms with Crippen molar-refractivity contribution in [3.8, 4) is 5.75 Å². The van der Waals surface area contributed by atoms with E-state index < -0.39 is 0 Å². The number of rotatable bonds is 3. The smallest absolute Gasteiger partial charge is 0.225 e. The molecule has 3 rings (SSSR count). The topological polar surface area (TPSA) is 55.6 Å². The third kappa shape index (κ3) is 3.80. The highest BCUT2D eigenvalue weighted by Crippen LogP contribution is 2.27. The van der Waals surface area contributed by atoms with Crippen LogP contribution < -0.4 is 10.5 Å². The van der Waals surface area contributed by atoms with E-state index in [0.717, 1.165) is 57.4 Å². The second kappa shape index (κ2) is 7.14.